The van der Waals surface area contributed by atoms with Crippen LogP contribution in [0.3, 0.4) is 0 Å². The second kappa shape index (κ2) is 5.24. The van der Waals surface area contributed by atoms with E-state index in [2.05, 4.69) is 24.8 Å². The Labute approximate surface area is 81.5 Å². The molecule has 0 aliphatic carbocycles. The summed E-state index contributed by atoms with van der Waals surface area (Å²) in [5.74, 6) is 0.846. The predicted molar refractivity (Wildman–Crippen MR) is 54.3 cm³/mol. The minimum Gasteiger partial charge on any atom is -0.300 e. The van der Waals surface area contributed by atoms with E-state index in [4.69, 9.17) is 5.26 Å². The first kappa shape index (κ1) is 10.5. The molecule has 0 bridgehead atoms. The SMILES string of the molecule is CC1CCCN(C(C)CCC#N)C1. The fourth-order valence-corrected chi connectivity index (χ4v) is 2.08. The van der Waals surface area contributed by atoms with Crippen molar-refractivity contribution >= 4 is 0 Å². The number of hydrogen-bond donors (Lipinski definition) is 0. The first-order valence-corrected chi connectivity index (χ1v) is 5.35. The Bertz CT molecular complexity index is 183. The molecule has 2 unspecified atom stereocenters. The number of likely N-dealkylation sites (tertiary alicyclic amines) is 1. The van der Waals surface area contributed by atoms with Crippen molar-refractivity contribution in [2.24, 2.45) is 5.92 Å². The van der Waals surface area contributed by atoms with Gasteiger partial charge in [-0.2, -0.15) is 5.26 Å². The van der Waals surface area contributed by atoms with E-state index in [0.29, 0.717) is 12.5 Å². The van der Waals surface area contributed by atoms with Crippen molar-refractivity contribution in [2.45, 2.75) is 45.6 Å². The van der Waals surface area contributed by atoms with Crippen LogP contribution in [0.4, 0.5) is 0 Å². The molecular weight excluding hydrogens is 160 g/mol. The topological polar surface area (TPSA) is 27.0 Å². The Morgan fingerprint density at radius 1 is 1.62 bits per heavy atom. The second-order valence-electron chi connectivity index (χ2n) is 4.29. The van der Waals surface area contributed by atoms with Gasteiger partial charge in [0, 0.05) is 19.0 Å². The van der Waals surface area contributed by atoms with Crippen LogP contribution in [-0.4, -0.2) is 24.0 Å². The molecule has 13 heavy (non-hydrogen) atoms. The van der Waals surface area contributed by atoms with E-state index in [-0.39, 0.29) is 0 Å². The van der Waals surface area contributed by atoms with Crippen molar-refractivity contribution in [3.63, 3.8) is 0 Å². The van der Waals surface area contributed by atoms with Gasteiger partial charge in [0.15, 0.2) is 0 Å². The lowest BCUT2D eigenvalue weighted by Crippen LogP contribution is -2.40. The minimum atomic E-state index is 0.599. The number of hydrogen-bond acceptors (Lipinski definition) is 2. The van der Waals surface area contributed by atoms with Gasteiger partial charge >= 0.3 is 0 Å². The Kier molecular flexibility index (Phi) is 4.24. The molecule has 74 valence electrons. The van der Waals surface area contributed by atoms with Crippen LogP contribution >= 0.6 is 0 Å². The molecule has 1 aliphatic heterocycles. The highest BCUT2D eigenvalue weighted by molar-refractivity contribution is 4.78. The van der Waals surface area contributed by atoms with Gasteiger partial charge in [-0.15, -0.1) is 0 Å². The largest absolute Gasteiger partial charge is 0.300 e. The standard InChI is InChI=1S/C11H20N2/c1-10-5-4-8-13(9-10)11(2)6-3-7-12/h10-11H,3-6,8-9H2,1-2H3. The number of rotatable bonds is 3. The summed E-state index contributed by atoms with van der Waals surface area (Å²) in [6.45, 7) is 7.03. The Morgan fingerprint density at radius 2 is 2.38 bits per heavy atom. The van der Waals surface area contributed by atoms with Crippen molar-refractivity contribution in [1.82, 2.24) is 4.90 Å². The van der Waals surface area contributed by atoms with Gasteiger partial charge in [0.05, 0.1) is 6.07 Å². The summed E-state index contributed by atoms with van der Waals surface area (Å²) in [6, 6.07) is 2.82. The van der Waals surface area contributed by atoms with Crippen LogP contribution in [0.25, 0.3) is 0 Å². The average molecular weight is 180 g/mol. The van der Waals surface area contributed by atoms with Crippen LogP contribution < -0.4 is 0 Å². The number of nitrogens with zero attached hydrogens (tertiary/aromatic N) is 2. The van der Waals surface area contributed by atoms with Crippen LogP contribution in [-0.2, 0) is 0 Å². The summed E-state index contributed by atoms with van der Waals surface area (Å²) in [7, 11) is 0. The molecule has 2 atom stereocenters. The van der Waals surface area contributed by atoms with Crippen molar-refractivity contribution in [3.05, 3.63) is 0 Å². The number of piperidine rings is 1. The zero-order valence-electron chi connectivity index (χ0n) is 8.79. The van der Waals surface area contributed by atoms with Crippen LogP contribution in [0, 0.1) is 17.2 Å². The van der Waals surface area contributed by atoms with E-state index in [1.165, 1.54) is 25.9 Å². The van der Waals surface area contributed by atoms with E-state index in [0.717, 1.165) is 12.3 Å². The van der Waals surface area contributed by atoms with Crippen LogP contribution in [0.15, 0.2) is 0 Å². The molecule has 1 aliphatic rings. The van der Waals surface area contributed by atoms with Gasteiger partial charge in [-0.3, -0.25) is 0 Å². The molecule has 0 aromatic heterocycles. The van der Waals surface area contributed by atoms with E-state index >= 15 is 0 Å². The van der Waals surface area contributed by atoms with Crippen molar-refractivity contribution in [2.75, 3.05) is 13.1 Å². The molecule has 1 rings (SSSR count). The maximum Gasteiger partial charge on any atom is 0.0622 e. The Morgan fingerprint density at radius 3 is 3.00 bits per heavy atom. The smallest absolute Gasteiger partial charge is 0.0622 e. The quantitative estimate of drug-likeness (QED) is 0.667. The molecular formula is C11H20N2. The third-order valence-corrected chi connectivity index (χ3v) is 2.99. The third kappa shape index (κ3) is 3.36. The molecule has 0 spiro atoms. The molecule has 0 aromatic carbocycles. The molecule has 2 nitrogen and oxygen atoms in total. The molecule has 1 heterocycles. The van der Waals surface area contributed by atoms with Gasteiger partial charge in [-0.25, -0.2) is 0 Å². The molecule has 0 N–H and O–H groups in total. The highest BCUT2D eigenvalue weighted by Crippen LogP contribution is 2.19. The summed E-state index contributed by atoms with van der Waals surface area (Å²) in [4.78, 5) is 2.53. The molecule has 1 saturated heterocycles. The van der Waals surface area contributed by atoms with E-state index in [1.807, 2.05) is 0 Å². The normalized spacial score (nSPS) is 26.7. The maximum absolute atomic E-state index is 8.50. The summed E-state index contributed by atoms with van der Waals surface area (Å²) >= 11 is 0. The molecule has 2 heteroatoms. The van der Waals surface area contributed by atoms with Crippen molar-refractivity contribution < 1.29 is 0 Å². The lowest BCUT2D eigenvalue weighted by atomic mass is 9.98. The maximum atomic E-state index is 8.50. The van der Waals surface area contributed by atoms with Gasteiger partial charge < -0.3 is 4.90 Å². The van der Waals surface area contributed by atoms with Gasteiger partial charge in [0.1, 0.15) is 0 Å². The third-order valence-electron chi connectivity index (χ3n) is 2.99. The summed E-state index contributed by atoms with van der Waals surface area (Å²) in [5.41, 5.74) is 0. The molecule has 0 aromatic rings. The van der Waals surface area contributed by atoms with E-state index in [1.54, 1.807) is 0 Å². The Hall–Kier alpha value is -0.550. The summed E-state index contributed by atoms with van der Waals surface area (Å²) in [6.07, 6.45) is 4.44. The molecule has 1 fully saturated rings. The number of nitriles is 1. The second-order valence-corrected chi connectivity index (χ2v) is 4.29. The summed E-state index contributed by atoms with van der Waals surface area (Å²) in [5, 5.41) is 8.50. The lowest BCUT2D eigenvalue weighted by molar-refractivity contribution is 0.134. The monoisotopic (exact) mass is 180 g/mol. The highest BCUT2D eigenvalue weighted by Gasteiger charge is 2.20. The van der Waals surface area contributed by atoms with Gasteiger partial charge in [0.25, 0.3) is 0 Å². The Balaban J connectivity index is 2.29. The van der Waals surface area contributed by atoms with Crippen LogP contribution in [0.1, 0.15) is 39.5 Å². The van der Waals surface area contributed by atoms with E-state index < -0.39 is 0 Å². The van der Waals surface area contributed by atoms with Crippen LogP contribution in [0.5, 0.6) is 0 Å². The fourth-order valence-electron chi connectivity index (χ4n) is 2.08. The first-order chi connectivity index (χ1) is 6.24. The van der Waals surface area contributed by atoms with Crippen LogP contribution in [0.2, 0.25) is 0 Å². The van der Waals surface area contributed by atoms with Crippen molar-refractivity contribution in [1.29, 1.82) is 5.26 Å². The molecule has 0 saturated carbocycles. The predicted octanol–water partition coefficient (Wildman–Crippen LogP) is 2.41. The zero-order valence-corrected chi connectivity index (χ0v) is 8.79. The fraction of sp³-hybridized carbons (Fsp3) is 0.909. The van der Waals surface area contributed by atoms with Crippen molar-refractivity contribution in [3.8, 4) is 6.07 Å². The zero-order chi connectivity index (χ0) is 9.68. The summed E-state index contributed by atoms with van der Waals surface area (Å²) < 4.78 is 0. The van der Waals surface area contributed by atoms with Gasteiger partial charge in [-0.1, -0.05) is 6.92 Å². The van der Waals surface area contributed by atoms with E-state index in [9.17, 15) is 0 Å². The first-order valence-electron chi connectivity index (χ1n) is 5.35. The highest BCUT2D eigenvalue weighted by atomic mass is 15.2. The minimum absolute atomic E-state index is 0.599. The average Bonchev–Trinajstić information content (AvgIpc) is 2.14. The molecule has 0 amide bonds. The van der Waals surface area contributed by atoms with Gasteiger partial charge in [-0.05, 0) is 38.6 Å². The molecule has 0 radical (unpaired) electrons. The van der Waals surface area contributed by atoms with Gasteiger partial charge in [0.2, 0.25) is 0 Å². The lowest BCUT2D eigenvalue weighted by Gasteiger charge is -2.35.